The van der Waals surface area contributed by atoms with Gasteiger partial charge >= 0.3 is 0 Å². The topological polar surface area (TPSA) is 75.9 Å². The van der Waals surface area contributed by atoms with Crippen molar-refractivity contribution < 1.29 is 0 Å². The third-order valence-electron chi connectivity index (χ3n) is 3.30. The summed E-state index contributed by atoms with van der Waals surface area (Å²) < 4.78 is 0. The molecule has 0 radical (unpaired) electrons. The van der Waals surface area contributed by atoms with Crippen LogP contribution in [0.5, 0.6) is 0 Å². The van der Waals surface area contributed by atoms with Gasteiger partial charge in [-0.15, -0.1) is 0 Å². The van der Waals surface area contributed by atoms with Crippen LogP contribution in [0, 0.1) is 6.92 Å². The average Bonchev–Trinajstić information content (AvgIpc) is 3.27. The smallest absolute Gasteiger partial charge is 0.145 e. The van der Waals surface area contributed by atoms with Crippen LogP contribution in [-0.2, 0) is 0 Å². The van der Waals surface area contributed by atoms with Crippen LogP contribution < -0.4 is 16.6 Å². The summed E-state index contributed by atoms with van der Waals surface area (Å²) in [6.45, 7) is 2.02. The maximum atomic E-state index is 6.03. The number of aryl methyl sites for hydroxylation is 1. The summed E-state index contributed by atoms with van der Waals surface area (Å²) in [5.41, 5.74) is 4.62. The lowest BCUT2D eigenvalue weighted by Crippen LogP contribution is -2.11. The highest BCUT2D eigenvalue weighted by molar-refractivity contribution is 6.30. The van der Waals surface area contributed by atoms with Crippen molar-refractivity contribution in [2.45, 2.75) is 25.7 Å². The second kappa shape index (κ2) is 5.26. The summed E-state index contributed by atoms with van der Waals surface area (Å²) >= 11 is 6.03. The molecule has 6 heteroatoms. The first-order valence-electron chi connectivity index (χ1n) is 6.54. The third kappa shape index (κ3) is 2.84. The van der Waals surface area contributed by atoms with Crippen LogP contribution >= 0.6 is 11.6 Å². The molecule has 0 saturated heterocycles. The van der Waals surface area contributed by atoms with E-state index < -0.39 is 0 Å². The largest absolute Gasteiger partial charge is 0.340 e. The molecule has 2 aromatic rings. The van der Waals surface area contributed by atoms with E-state index in [-0.39, 0.29) is 0 Å². The molecule has 0 amide bonds. The van der Waals surface area contributed by atoms with Gasteiger partial charge in [-0.05, 0) is 37.5 Å². The van der Waals surface area contributed by atoms with Crippen LogP contribution in [0.25, 0.3) is 0 Å². The second-order valence-corrected chi connectivity index (χ2v) is 5.44. The number of hydrogen-bond donors (Lipinski definition) is 3. The fourth-order valence-electron chi connectivity index (χ4n) is 1.99. The van der Waals surface area contributed by atoms with Crippen molar-refractivity contribution in [3.63, 3.8) is 0 Å². The fraction of sp³-hybridized carbons (Fsp3) is 0.286. The summed E-state index contributed by atoms with van der Waals surface area (Å²) in [6.07, 6.45) is 2.29. The molecule has 0 unspecified atom stereocenters. The molecule has 104 valence electrons. The maximum Gasteiger partial charge on any atom is 0.145 e. The zero-order valence-corrected chi connectivity index (χ0v) is 11.9. The summed E-state index contributed by atoms with van der Waals surface area (Å²) in [5, 5.41) is 3.97. The summed E-state index contributed by atoms with van der Waals surface area (Å²) in [4.78, 5) is 8.93. The molecular formula is C14H16ClN5. The molecule has 1 saturated carbocycles. The number of nitrogens with two attached hydrogens (primary N) is 1. The molecule has 4 N–H and O–H groups in total. The van der Waals surface area contributed by atoms with E-state index in [0.717, 1.165) is 35.7 Å². The first kappa shape index (κ1) is 13.1. The van der Waals surface area contributed by atoms with Crippen LogP contribution in [0.4, 0.5) is 17.3 Å². The lowest BCUT2D eigenvalue weighted by Gasteiger charge is -2.11. The Morgan fingerprint density at radius 3 is 2.65 bits per heavy atom. The quantitative estimate of drug-likeness (QED) is 0.594. The predicted octanol–water partition coefficient (Wildman–Crippen LogP) is 3.35. The second-order valence-electron chi connectivity index (χ2n) is 5.00. The molecule has 0 spiro atoms. The lowest BCUT2D eigenvalue weighted by molar-refractivity contribution is 0.929. The van der Waals surface area contributed by atoms with Gasteiger partial charge in [0.2, 0.25) is 0 Å². The Morgan fingerprint density at radius 2 is 1.95 bits per heavy atom. The SMILES string of the molecule is Cc1ccc(Cl)cc1Nc1cc(NN)nc(C2CC2)n1. The van der Waals surface area contributed by atoms with E-state index in [1.165, 1.54) is 0 Å². The molecule has 20 heavy (non-hydrogen) atoms. The maximum absolute atomic E-state index is 6.03. The van der Waals surface area contributed by atoms with Gasteiger partial charge in [-0.1, -0.05) is 17.7 Å². The zero-order chi connectivity index (χ0) is 14.1. The molecular weight excluding hydrogens is 274 g/mol. The summed E-state index contributed by atoms with van der Waals surface area (Å²) in [5.74, 6) is 8.10. The third-order valence-corrected chi connectivity index (χ3v) is 3.53. The number of nitrogens with zero attached hydrogens (tertiary/aromatic N) is 2. The van der Waals surface area contributed by atoms with E-state index in [0.29, 0.717) is 16.8 Å². The van der Waals surface area contributed by atoms with Crippen LogP contribution in [0.15, 0.2) is 24.3 Å². The van der Waals surface area contributed by atoms with Gasteiger partial charge < -0.3 is 10.7 Å². The van der Waals surface area contributed by atoms with Gasteiger partial charge in [0.1, 0.15) is 17.5 Å². The van der Waals surface area contributed by atoms with E-state index >= 15 is 0 Å². The predicted molar refractivity (Wildman–Crippen MR) is 81.3 cm³/mol. The molecule has 1 fully saturated rings. The van der Waals surface area contributed by atoms with Gasteiger partial charge in [0.15, 0.2) is 0 Å². The minimum atomic E-state index is 0.462. The minimum Gasteiger partial charge on any atom is -0.340 e. The average molecular weight is 290 g/mol. The fourth-order valence-corrected chi connectivity index (χ4v) is 2.17. The highest BCUT2D eigenvalue weighted by Crippen LogP contribution is 2.39. The number of anilines is 3. The standard InChI is InChI=1S/C14H16ClN5/c1-8-2-5-10(15)6-11(8)17-12-7-13(20-16)19-14(18-12)9-3-4-9/h2,5-7,9H,3-4,16H2,1H3,(H2,17,18,19,20). The molecule has 0 atom stereocenters. The number of aromatic nitrogens is 2. The van der Waals surface area contributed by atoms with E-state index in [1.54, 1.807) is 6.07 Å². The van der Waals surface area contributed by atoms with Gasteiger partial charge in [0.05, 0.1) is 0 Å². The van der Waals surface area contributed by atoms with Crippen LogP contribution in [0.3, 0.4) is 0 Å². The van der Waals surface area contributed by atoms with Crippen LogP contribution in [0.2, 0.25) is 5.02 Å². The zero-order valence-electron chi connectivity index (χ0n) is 11.2. The number of hydrogen-bond acceptors (Lipinski definition) is 5. The number of rotatable bonds is 4. The molecule has 1 heterocycles. The Morgan fingerprint density at radius 1 is 1.20 bits per heavy atom. The summed E-state index contributed by atoms with van der Waals surface area (Å²) in [6, 6.07) is 7.50. The highest BCUT2D eigenvalue weighted by atomic mass is 35.5. The molecule has 1 aromatic carbocycles. The minimum absolute atomic E-state index is 0.462. The monoisotopic (exact) mass is 289 g/mol. The normalized spacial score (nSPS) is 14.2. The number of halogens is 1. The van der Waals surface area contributed by atoms with Gasteiger partial charge in [-0.3, -0.25) is 0 Å². The number of nitrogens with one attached hydrogen (secondary N) is 2. The molecule has 0 aliphatic heterocycles. The van der Waals surface area contributed by atoms with Crippen molar-refractivity contribution in [3.8, 4) is 0 Å². The van der Waals surface area contributed by atoms with E-state index in [2.05, 4.69) is 20.7 Å². The van der Waals surface area contributed by atoms with Crippen LogP contribution in [0.1, 0.15) is 30.1 Å². The Labute approximate surface area is 122 Å². The van der Waals surface area contributed by atoms with Crippen LogP contribution in [-0.4, -0.2) is 9.97 Å². The number of benzene rings is 1. The highest BCUT2D eigenvalue weighted by Gasteiger charge is 2.27. The molecule has 0 bridgehead atoms. The van der Waals surface area contributed by atoms with E-state index in [9.17, 15) is 0 Å². The molecule has 1 aromatic heterocycles. The van der Waals surface area contributed by atoms with Gasteiger partial charge in [0.25, 0.3) is 0 Å². The molecule has 3 rings (SSSR count). The van der Waals surface area contributed by atoms with Gasteiger partial charge in [-0.25, -0.2) is 15.8 Å². The van der Waals surface area contributed by atoms with Crippen molar-refractivity contribution in [3.05, 3.63) is 40.7 Å². The molecule has 1 aliphatic rings. The molecule has 1 aliphatic carbocycles. The van der Waals surface area contributed by atoms with E-state index in [1.807, 2.05) is 25.1 Å². The Kier molecular flexibility index (Phi) is 3.46. The molecule has 5 nitrogen and oxygen atoms in total. The van der Waals surface area contributed by atoms with Crippen molar-refractivity contribution in [1.29, 1.82) is 0 Å². The lowest BCUT2D eigenvalue weighted by atomic mass is 10.2. The van der Waals surface area contributed by atoms with Crippen molar-refractivity contribution in [2.24, 2.45) is 5.84 Å². The van der Waals surface area contributed by atoms with Gasteiger partial charge in [-0.2, -0.15) is 0 Å². The van der Waals surface area contributed by atoms with E-state index in [4.69, 9.17) is 17.4 Å². The van der Waals surface area contributed by atoms with Crippen molar-refractivity contribution >= 4 is 28.9 Å². The Bertz CT molecular complexity index is 639. The summed E-state index contributed by atoms with van der Waals surface area (Å²) in [7, 11) is 0. The first-order chi connectivity index (χ1) is 9.65. The number of nitrogen functional groups attached to an aromatic ring is 1. The van der Waals surface area contributed by atoms with Gasteiger partial charge in [0, 0.05) is 22.7 Å². The Balaban J connectivity index is 1.93. The number of hydrazine groups is 1. The van der Waals surface area contributed by atoms with Crippen molar-refractivity contribution in [2.75, 3.05) is 10.7 Å². The first-order valence-corrected chi connectivity index (χ1v) is 6.92. The van der Waals surface area contributed by atoms with Crippen molar-refractivity contribution in [1.82, 2.24) is 9.97 Å². The Hall–Kier alpha value is -1.85.